The van der Waals surface area contributed by atoms with E-state index < -0.39 is 22.9 Å². The van der Waals surface area contributed by atoms with E-state index in [1.54, 1.807) is 27.8 Å². The van der Waals surface area contributed by atoms with Gasteiger partial charge >= 0.3 is 0 Å². The molecule has 0 radical (unpaired) electrons. The number of nitrogens with one attached hydrogen (secondary N) is 3. The van der Waals surface area contributed by atoms with Crippen molar-refractivity contribution < 1.29 is 19.0 Å². The van der Waals surface area contributed by atoms with Crippen LogP contribution in [0.2, 0.25) is 0 Å². The van der Waals surface area contributed by atoms with Crippen LogP contribution >= 0.6 is 22.1 Å². The van der Waals surface area contributed by atoms with Crippen LogP contribution in [0.5, 0.6) is 0 Å². The minimum Gasteiger partial charge on any atom is -0.390 e. The monoisotopic (exact) mass is 586 g/mol. The van der Waals surface area contributed by atoms with Gasteiger partial charge in [0.05, 0.1) is 23.6 Å². The van der Waals surface area contributed by atoms with E-state index in [-0.39, 0.29) is 5.91 Å². The number of benzene rings is 2. The SMILES string of the molecule is CCNc1cc(C(=O)N[C@@H](Cc2ccccc2)[C@@H](O)CNCc2cc(CC)cs2)cc(N2CCCCS2(O)O)c1. The van der Waals surface area contributed by atoms with Gasteiger partial charge in [-0.25, -0.2) is 0 Å². The Kier molecular flexibility index (Phi) is 10.9. The molecule has 0 saturated carbocycles. The van der Waals surface area contributed by atoms with Crippen LogP contribution in [0.25, 0.3) is 0 Å². The molecule has 1 amide bonds. The van der Waals surface area contributed by atoms with Crippen molar-refractivity contribution in [1.29, 1.82) is 0 Å². The third-order valence-corrected chi connectivity index (χ3v) is 10.0. The fraction of sp³-hybridized carbons (Fsp3) is 0.433. The first kappa shape index (κ1) is 30.4. The molecule has 40 heavy (non-hydrogen) atoms. The van der Waals surface area contributed by atoms with E-state index in [1.165, 1.54) is 10.4 Å². The zero-order valence-corrected chi connectivity index (χ0v) is 24.9. The lowest BCUT2D eigenvalue weighted by Crippen LogP contribution is -2.48. The maximum Gasteiger partial charge on any atom is 0.251 e. The molecule has 2 aromatic carbocycles. The summed E-state index contributed by atoms with van der Waals surface area (Å²) >= 11 is 1.71. The molecule has 218 valence electrons. The van der Waals surface area contributed by atoms with Crippen molar-refractivity contribution in [3.05, 3.63) is 81.5 Å². The highest BCUT2D eigenvalue weighted by molar-refractivity contribution is 8.25. The number of aryl methyl sites for hydroxylation is 1. The molecule has 0 spiro atoms. The Morgan fingerprint density at radius 3 is 2.58 bits per heavy atom. The van der Waals surface area contributed by atoms with E-state index in [0.717, 1.165) is 30.5 Å². The van der Waals surface area contributed by atoms with Crippen molar-refractivity contribution >= 4 is 39.4 Å². The van der Waals surface area contributed by atoms with E-state index >= 15 is 0 Å². The minimum atomic E-state index is -2.94. The second-order valence-electron chi connectivity index (χ2n) is 10.2. The number of nitrogens with zero attached hydrogens (tertiary/aromatic N) is 1. The highest BCUT2D eigenvalue weighted by Crippen LogP contribution is 2.50. The topological polar surface area (TPSA) is 117 Å². The number of rotatable bonds is 13. The smallest absolute Gasteiger partial charge is 0.251 e. The van der Waals surface area contributed by atoms with E-state index in [2.05, 4.69) is 34.3 Å². The van der Waals surface area contributed by atoms with Crippen molar-refractivity contribution in [3.63, 3.8) is 0 Å². The molecular weight excluding hydrogens is 544 g/mol. The van der Waals surface area contributed by atoms with Gasteiger partial charge in [0.25, 0.3) is 5.91 Å². The van der Waals surface area contributed by atoms with Gasteiger partial charge in [0.15, 0.2) is 0 Å². The predicted molar refractivity (Wildman–Crippen MR) is 168 cm³/mol. The molecule has 10 heteroatoms. The zero-order chi connectivity index (χ0) is 28.5. The third kappa shape index (κ3) is 8.22. The first-order chi connectivity index (χ1) is 19.3. The van der Waals surface area contributed by atoms with Crippen molar-refractivity contribution in [2.75, 3.05) is 35.0 Å². The molecule has 1 aromatic heterocycles. The first-order valence-electron chi connectivity index (χ1n) is 14.0. The summed E-state index contributed by atoms with van der Waals surface area (Å²) < 4.78 is 23.0. The largest absolute Gasteiger partial charge is 0.390 e. The summed E-state index contributed by atoms with van der Waals surface area (Å²) in [4.78, 5) is 14.8. The van der Waals surface area contributed by atoms with Crippen molar-refractivity contribution in [1.82, 2.24) is 10.6 Å². The number of amides is 1. The summed E-state index contributed by atoms with van der Waals surface area (Å²) in [6.07, 6.45) is 2.27. The second-order valence-corrected chi connectivity index (χ2v) is 13.3. The number of aliphatic hydroxyl groups excluding tert-OH is 1. The summed E-state index contributed by atoms with van der Waals surface area (Å²) in [7, 11) is -2.94. The molecule has 1 fully saturated rings. The molecule has 0 unspecified atom stereocenters. The molecular formula is C30H42N4O4S2. The van der Waals surface area contributed by atoms with Gasteiger partial charge in [0.1, 0.15) is 0 Å². The quantitative estimate of drug-likeness (QED) is 0.157. The van der Waals surface area contributed by atoms with E-state index in [9.17, 15) is 19.0 Å². The summed E-state index contributed by atoms with van der Waals surface area (Å²) in [6, 6.07) is 16.8. The molecule has 4 rings (SSSR count). The lowest BCUT2D eigenvalue weighted by molar-refractivity contribution is 0.0830. The minimum absolute atomic E-state index is 0.319. The van der Waals surface area contributed by atoms with Crippen LogP contribution in [-0.4, -0.2) is 57.7 Å². The lowest BCUT2D eigenvalue weighted by Gasteiger charge is -2.47. The molecule has 1 aliphatic heterocycles. The van der Waals surface area contributed by atoms with Gasteiger partial charge in [-0.15, -0.1) is 22.1 Å². The normalized spacial score (nSPS) is 17.2. The van der Waals surface area contributed by atoms with Crippen molar-refractivity contribution in [3.8, 4) is 0 Å². The number of thiophene rings is 1. The fourth-order valence-corrected chi connectivity index (χ4v) is 7.51. The standard InChI is InChI=1S/C30H42N4O4S2/c1-3-22-14-27(39-21-22)19-31-20-29(35)28(15-23-10-6-5-7-11-23)33-30(36)24-16-25(32-4-2)18-26(17-24)34-12-8-9-13-40(34,37)38/h5-7,10-11,14,16-18,21,28-29,31-32,35,37-38H,3-4,8-9,12-13,15,19-20H2,1-2H3,(H,33,36)/t28-,29-/m0/s1. The number of hydrogen-bond acceptors (Lipinski definition) is 8. The highest BCUT2D eigenvalue weighted by Gasteiger charge is 2.28. The van der Waals surface area contributed by atoms with Gasteiger partial charge in [-0.3, -0.25) is 18.2 Å². The molecule has 8 nitrogen and oxygen atoms in total. The summed E-state index contributed by atoms with van der Waals surface area (Å²) in [5.41, 5.74) is 4.06. The van der Waals surface area contributed by atoms with E-state index in [1.807, 2.05) is 43.3 Å². The van der Waals surface area contributed by atoms with Gasteiger partial charge in [0, 0.05) is 42.3 Å². The first-order valence-corrected chi connectivity index (χ1v) is 16.6. The Bertz CT molecular complexity index is 1240. The maximum atomic E-state index is 13.6. The van der Waals surface area contributed by atoms with Gasteiger partial charge in [-0.1, -0.05) is 37.3 Å². The summed E-state index contributed by atoms with van der Waals surface area (Å²) in [5, 5.41) is 23.0. The second kappa shape index (κ2) is 14.3. The molecule has 0 aliphatic carbocycles. The van der Waals surface area contributed by atoms with Crippen LogP contribution in [0.15, 0.2) is 60.0 Å². The third-order valence-electron chi connectivity index (χ3n) is 7.08. The molecule has 1 saturated heterocycles. The van der Waals surface area contributed by atoms with E-state index in [0.29, 0.717) is 49.6 Å². The number of anilines is 2. The van der Waals surface area contributed by atoms with Crippen LogP contribution in [0.4, 0.5) is 11.4 Å². The predicted octanol–water partition coefficient (Wildman–Crippen LogP) is 5.50. The van der Waals surface area contributed by atoms with Crippen LogP contribution in [0.1, 0.15) is 53.1 Å². The Morgan fingerprint density at radius 1 is 1.07 bits per heavy atom. The van der Waals surface area contributed by atoms with Gasteiger partial charge in [-0.05, 0) is 73.4 Å². The fourth-order valence-electron chi connectivity index (χ4n) is 4.89. The average Bonchev–Trinajstić information content (AvgIpc) is 3.41. The van der Waals surface area contributed by atoms with Gasteiger partial charge < -0.3 is 21.1 Å². The molecule has 0 bridgehead atoms. The van der Waals surface area contributed by atoms with Gasteiger partial charge in [-0.2, -0.15) is 0 Å². The Balaban J connectivity index is 1.52. The molecule has 3 aromatic rings. The number of carbonyl (C=O) groups is 1. The van der Waals surface area contributed by atoms with Crippen LogP contribution in [0, 0.1) is 0 Å². The van der Waals surface area contributed by atoms with Crippen LogP contribution in [0.3, 0.4) is 0 Å². The molecule has 2 atom stereocenters. The number of aliphatic hydroxyl groups is 1. The summed E-state index contributed by atoms with van der Waals surface area (Å²) in [5.74, 6) is 0.00380. The van der Waals surface area contributed by atoms with Crippen molar-refractivity contribution in [2.24, 2.45) is 0 Å². The molecule has 6 N–H and O–H groups in total. The van der Waals surface area contributed by atoms with Crippen molar-refractivity contribution in [2.45, 2.75) is 58.2 Å². The zero-order valence-electron chi connectivity index (χ0n) is 23.3. The number of hydrogen-bond donors (Lipinski definition) is 6. The van der Waals surface area contributed by atoms with Crippen LogP contribution < -0.4 is 20.3 Å². The molecule has 2 heterocycles. The Morgan fingerprint density at radius 2 is 1.88 bits per heavy atom. The molecule has 1 aliphatic rings. The lowest BCUT2D eigenvalue weighted by atomic mass is 10.00. The van der Waals surface area contributed by atoms with Crippen LogP contribution in [-0.2, 0) is 19.4 Å². The van der Waals surface area contributed by atoms with Gasteiger partial charge in [0.2, 0.25) is 0 Å². The Labute approximate surface area is 243 Å². The maximum absolute atomic E-state index is 13.6. The van der Waals surface area contributed by atoms with E-state index in [4.69, 9.17) is 0 Å². The average molecular weight is 587 g/mol. The highest BCUT2D eigenvalue weighted by atomic mass is 32.3. The summed E-state index contributed by atoms with van der Waals surface area (Å²) in [6.45, 7) is 6.27. The Hall–Kier alpha value is -2.60. The number of carbonyl (C=O) groups excluding carboxylic acids is 1.